The molecule has 2 rings (SSSR count). The second-order valence-corrected chi connectivity index (χ2v) is 5.80. The number of hydrogen-bond acceptors (Lipinski definition) is 1. The van der Waals surface area contributed by atoms with Gasteiger partial charge in [0.15, 0.2) is 0 Å². The summed E-state index contributed by atoms with van der Waals surface area (Å²) < 4.78 is 0. The molecule has 0 aromatic carbocycles. The Morgan fingerprint density at radius 3 is 2.07 bits per heavy atom. The highest BCUT2D eigenvalue weighted by atomic mass is 15.2. The number of hydrogen-bond donors (Lipinski definition) is 0. The normalized spacial score (nSPS) is 35.6. The lowest BCUT2D eigenvalue weighted by atomic mass is 9.85. The number of nitrogens with zero attached hydrogens (tertiary/aromatic N) is 1. The smallest absolute Gasteiger partial charge is 0.00954 e. The summed E-state index contributed by atoms with van der Waals surface area (Å²) in [5, 5.41) is 0. The first kappa shape index (κ1) is 11.4. The predicted octanol–water partition coefficient (Wildman–Crippen LogP) is 3.69. The van der Waals surface area contributed by atoms with Crippen LogP contribution in [0.3, 0.4) is 0 Å². The standard InChI is InChI=1S/C14H27N/c1-3-13-8-10-15(11-9-13)14-6-4-12(2)5-7-14/h12-14H,3-11H2,1-2H3. The molecule has 0 aromatic rings. The molecule has 1 saturated carbocycles. The van der Waals surface area contributed by atoms with Crippen molar-refractivity contribution in [3.8, 4) is 0 Å². The highest BCUT2D eigenvalue weighted by Gasteiger charge is 2.26. The lowest BCUT2D eigenvalue weighted by Gasteiger charge is -2.40. The first-order valence-corrected chi connectivity index (χ1v) is 7.03. The molecule has 1 nitrogen and oxygen atoms in total. The van der Waals surface area contributed by atoms with E-state index in [-0.39, 0.29) is 0 Å². The van der Waals surface area contributed by atoms with Gasteiger partial charge in [0.2, 0.25) is 0 Å². The molecular formula is C14H27N. The maximum absolute atomic E-state index is 2.79. The summed E-state index contributed by atoms with van der Waals surface area (Å²) in [5.41, 5.74) is 0. The summed E-state index contributed by atoms with van der Waals surface area (Å²) in [6.45, 7) is 7.54. The van der Waals surface area contributed by atoms with Crippen molar-refractivity contribution in [2.45, 2.75) is 64.8 Å². The van der Waals surface area contributed by atoms with Gasteiger partial charge in [0.05, 0.1) is 0 Å². The van der Waals surface area contributed by atoms with Gasteiger partial charge < -0.3 is 4.90 Å². The third kappa shape index (κ3) is 2.96. The molecule has 0 atom stereocenters. The minimum Gasteiger partial charge on any atom is -0.300 e. The van der Waals surface area contributed by atoms with E-state index in [9.17, 15) is 0 Å². The van der Waals surface area contributed by atoms with Gasteiger partial charge in [-0.2, -0.15) is 0 Å². The molecule has 1 heterocycles. The SMILES string of the molecule is CCC1CCN(C2CCC(C)CC2)CC1. The van der Waals surface area contributed by atoms with Crippen LogP contribution in [0.2, 0.25) is 0 Å². The second kappa shape index (κ2) is 5.34. The van der Waals surface area contributed by atoms with Crippen molar-refractivity contribution in [3.63, 3.8) is 0 Å². The summed E-state index contributed by atoms with van der Waals surface area (Å²) in [6.07, 6.45) is 10.2. The first-order chi connectivity index (χ1) is 7.29. The van der Waals surface area contributed by atoms with E-state index in [1.165, 1.54) is 58.0 Å². The van der Waals surface area contributed by atoms with E-state index in [1.807, 2.05) is 0 Å². The Morgan fingerprint density at radius 2 is 1.53 bits per heavy atom. The molecule has 2 fully saturated rings. The van der Waals surface area contributed by atoms with Crippen molar-refractivity contribution < 1.29 is 0 Å². The van der Waals surface area contributed by atoms with Crippen LogP contribution in [0.25, 0.3) is 0 Å². The van der Waals surface area contributed by atoms with Gasteiger partial charge in [-0.3, -0.25) is 0 Å². The van der Waals surface area contributed by atoms with Crippen LogP contribution < -0.4 is 0 Å². The van der Waals surface area contributed by atoms with E-state index >= 15 is 0 Å². The van der Waals surface area contributed by atoms with Crippen LogP contribution in [-0.4, -0.2) is 24.0 Å². The topological polar surface area (TPSA) is 3.24 Å². The van der Waals surface area contributed by atoms with E-state index in [2.05, 4.69) is 18.7 Å². The van der Waals surface area contributed by atoms with Gasteiger partial charge in [-0.25, -0.2) is 0 Å². The highest BCUT2D eigenvalue weighted by molar-refractivity contribution is 4.81. The number of rotatable bonds is 2. The largest absolute Gasteiger partial charge is 0.300 e. The Kier molecular flexibility index (Phi) is 4.07. The van der Waals surface area contributed by atoms with Crippen LogP contribution in [0, 0.1) is 11.8 Å². The van der Waals surface area contributed by atoms with Gasteiger partial charge in [0, 0.05) is 6.04 Å². The summed E-state index contributed by atoms with van der Waals surface area (Å²) in [4.78, 5) is 2.79. The molecule has 1 aliphatic carbocycles. The monoisotopic (exact) mass is 209 g/mol. The quantitative estimate of drug-likeness (QED) is 0.670. The van der Waals surface area contributed by atoms with Crippen LogP contribution in [0.15, 0.2) is 0 Å². The van der Waals surface area contributed by atoms with Crippen molar-refractivity contribution in [3.05, 3.63) is 0 Å². The molecule has 1 saturated heterocycles. The fraction of sp³-hybridized carbons (Fsp3) is 1.00. The summed E-state index contributed by atoms with van der Waals surface area (Å²) in [7, 11) is 0. The van der Waals surface area contributed by atoms with Crippen molar-refractivity contribution in [1.82, 2.24) is 4.90 Å². The van der Waals surface area contributed by atoms with Crippen molar-refractivity contribution >= 4 is 0 Å². The van der Waals surface area contributed by atoms with E-state index in [1.54, 1.807) is 0 Å². The van der Waals surface area contributed by atoms with Gasteiger partial charge in [-0.05, 0) is 63.5 Å². The van der Waals surface area contributed by atoms with E-state index in [0.717, 1.165) is 17.9 Å². The third-order valence-corrected chi connectivity index (χ3v) is 4.73. The fourth-order valence-electron chi connectivity index (χ4n) is 3.33. The Bertz CT molecular complexity index is 174. The highest BCUT2D eigenvalue weighted by Crippen LogP contribution is 2.30. The fourth-order valence-corrected chi connectivity index (χ4v) is 3.33. The third-order valence-electron chi connectivity index (χ3n) is 4.73. The van der Waals surface area contributed by atoms with Crippen LogP contribution in [0.4, 0.5) is 0 Å². The molecule has 0 amide bonds. The van der Waals surface area contributed by atoms with Gasteiger partial charge in [-0.1, -0.05) is 20.3 Å². The number of likely N-dealkylation sites (tertiary alicyclic amines) is 1. The van der Waals surface area contributed by atoms with E-state index in [4.69, 9.17) is 0 Å². The lowest BCUT2D eigenvalue weighted by Crippen LogP contribution is -2.42. The minimum absolute atomic E-state index is 0.944. The van der Waals surface area contributed by atoms with Crippen molar-refractivity contribution in [1.29, 1.82) is 0 Å². The maximum atomic E-state index is 2.79. The molecule has 1 heteroatoms. The van der Waals surface area contributed by atoms with Crippen LogP contribution >= 0.6 is 0 Å². The summed E-state index contributed by atoms with van der Waals surface area (Å²) in [6, 6.07) is 0.944. The van der Waals surface area contributed by atoms with Gasteiger partial charge in [0.25, 0.3) is 0 Å². The zero-order valence-corrected chi connectivity index (χ0v) is 10.5. The van der Waals surface area contributed by atoms with E-state index in [0.29, 0.717) is 0 Å². The lowest BCUT2D eigenvalue weighted by molar-refractivity contribution is 0.0958. The zero-order valence-electron chi connectivity index (χ0n) is 10.5. The molecule has 1 aliphatic heterocycles. The molecule has 0 N–H and O–H groups in total. The molecular weight excluding hydrogens is 182 g/mol. The van der Waals surface area contributed by atoms with Crippen LogP contribution in [0.5, 0.6) is 0 Å². The van der Waals surface area contributed by atoms with Gasteiger partial charge in [0.1, 0.15) is 0 Å². The van der Waals surface area contributed by atoms with Crippen LogP contribution in [-0.2, 0) is 0 Å². The first-order valence-electron chi connectivity index (χ1n) is 7.03. The predicted molar refractivity (Wildman–Crippen MR) is 66.0 cm³/mol. The Hall–Kier alpha value is -0.0400. The van der Waals surface area contributed by atoms with Crippen molar-refractivity contribution in [2.75, 3.05) is 13.1 Å². The Balaban J connectivity index is 1.75. The average molecular weight is 209 g/mol. The van der Waals surface area contributed by atoms with Crippen LogP contribution in [0.1, 0.15) is 58.8 Å². The molecule has 0 bridgehead atoms. The molecule has 88 valence electrons. The molecule has 2 aliphatic rings. The Labute approximate surface area is 95.2 Å². The Morgan fingerprint density at radius 1 is 0.933 bits per heavy atom. The van der Waals surface area contributed by atoms with E-state index < -0.39 is 0 Å². The minimum atomic E-state index is 0.944. The molecule has 15 heavy (non-hydrogen) atoms. The average Bonchev–Trinajstić information content (AvgIpc) is 2.30. The van der Waals surface area contributed by atoms with Gasteiger partial charge in [-0.15, -0.1) is 0 Å². The summed E-state index contributed by atoms with van der Waals surface area (Å²) in [5.74, 6) is 2.03. The molecule has 0 unspecified atom stereocenters. The summed E-state index contributed by atoms with van der Waals surface area (Å²) >= 11 is 0. The maximum Gasteiger partial charge on any atom is 0.00954 e. The van der Waals surface area contributed by atoms with Crippen molar-refractivity contribution in [2.24, 2.45) is 11.8 Å². The molecule has 0 aromatic heterocycles. The second-order valence-electron chi connectivity index (χ2n) is 5.80. The molecule has 0 spiro atoms. The van der Waals surface area contributed by atoms with Gasteiger partial charge >= 0.3 is 0 Å². The molecule has 0 radical (unpaired) electrons. The zero-order chi connectivity index (χ0) is 10.7. The number of piperidine rings is 1.